The third kappa shape index (κ3) is 4.14. The number of hydrogen-bond donors (Lipinski definition) is 1. The molecule has 0 spiro atoms. The van der Waals surface area contributed by atoms with Crippen LogP contribution in [0.2, 0.25) is 0 Å². The Labute approximate surface area is 127 Å². The summed E-state index contributed by atoms with van der Waals surface area (Å²) in [4.78, 5) is 7.02. The predicted molar refractivity (Wildman–Crippen MR) is 84.2 cm³/mol. The van der Waals surface area contributed by atoms with E-state index < -0.39 is 11.6 Å². The molecule has 3 nitrogen and oxygen atoms in total. The smallest absolute Gasteiger partial charge is 0.168 e. The van der Waals surface area contributed by atoms with E-state index in [0.717, 1.165) is 18.9 Å². The Morgan fingerprint density at radius 2 is 2.14 bits per heavy atom. The Balaban J connectivity index is 2.09. The highest BCUT2D eigenvalue weighted by Gasteiger charge is 2.15. The summed E-state index contributed by atoms with van der Waals surface area (Å²) in [6.45, 7) is 3.21. The fraction of sp³-hybridized carbons (Fsp3) is 0.400. The van der Waals surface area contributed by atoms with Gasteiger partial charge in [0.05, 0.1) is 0 Å². The van der Waals surface area contributed by atoms with E-state index in [2.05, 4.69) is 10.3 Å². The summed E-state index contributed by atoms with van der Waals surface area (Å²) < 4.78 is 27.5. The molecule has 0 saturated carbocycles. The Morgan fingerprint density at radius 1 is 1.33 bits per heavy atom. The van der Waals surface area contributed by atoms with Crippen molar-refractivity contribution in [2.75, 3.05) is 30.4 Å². The highest BCUT2D eigenvalue weighted by Crippen LogP contribution is 2.22. The molecule has 0 aromatic carbocycles. The molecule has 0 unspecified atom stereocenters. The second kappa shape index (κ2) is 7.36. The molecule has 0 aliphatic rings. The van der Waals surface area contributed by atoms with Crippen LogP contribution in [-0.2, 0) is 6.42 Å². The first kappa shape index (κ1) is 15.7. The lowest BCUT2D eigenvalue weighted by molar-refractivity contribution is 0.572. The standard InChI is InChI=1S/C15H19F2N3S/c1-3-7-18-14-12(16)10-13(17)15(19-14)20(2)8-6-11-5-4-9-21-11/h4-5,9-10H,3,6-8H2,1-2H3,(H,18,19). The minimum absolute atomic E-state index is 0.108. The lowest BCUT2D eigenvalue weighted by Crippen LogP contribution is -2.23. The summed E-state index contributed by atoms with van der Waals surface area (Å²) in [7, 11) is 1.76. The number of rotatable bonds is 7. The van der Waals surface area contributed by atoms with Crippen LogP contribution in [0, 0.1) is 11.6 Å². The quantitative estimate of drug-likeness (QED) is 0.840. The summed E-state index contributed by atoms with van der Waals surface area (Å²) in [5.74, 6) is -1.01. The van der Waals surface area contributed by atoms with E-state index in [1.807, 2.05) is 24.4 Å². The highest BCUT2D eigenvalue weighted by atomic mass is 32.1. The first-order chi connectivity index (χ1) is 10.1. The highest BCUT2D eigenvalue weighted by molar-refractivity contribution is 7.09. The molecule has 1 N–H and O–H groups in total. The summed E-state index contributed by atoms with van der Waals surface area (Å²) in [6, 6.07) is 4.92. The molecule has 114 valence electrons. The first-order valence-corrected chi connectivity index (χ1v) is 7.83. The average molecular weight is 311 g/mol. The average Bonchev–Trinajstić information content (AvgIpc) is 2.97. The van der Waals surface area contributed by atoms with Gasteiger partial charge in [0, 0.05) is 31.1 Å². The van der Waals surface area contributed by atoms with E-state index >= 15 is 0 Å². The molecule has 0 amide bonds. The number of thiophene rings is 1. The maximum Gasteiger partial charge on any atom is 0.168 e. The number of likely N-dealkylation sites (N-methyl/N-ethyl adjacent to an activating group) is 1. The largest absolute Gasteiger partial charge is 0.368 e. The molecule has 0 bridgehead atoms. The molecule has 2 rings (SSSR count). The van der Waals surface area contributed by atoms with Crippen LogP contribution in [0.3, 0.4) is 0 Å². The molecular formula is C15H19F2N3S. The third-order valence-corrected chi connectivity index (χ3v) is 4.02. The summed E-state index contributed by atoms with van der Waals surface area (Å²) >= 11 is 1.67. The minimum atomic E-state index is -0.656. The van der Waals surface area contributed by atoms with Gasteiger partial charge >= 0.3 is 0 Å². The van der Waals surface area contributed by atoms with Crippen molar-refractivity contribution in [1.29, 1.82) is 0 Å². The Morgan fingerprint density at radius 3 is 2.81 bits per heavy atom. The molecule has 21 heavy (non-hydrogen) atoms. The van der Waals surface area contributed by atoms with Crippen molar-refractivity contribution >= 4 is 23.0 Å². The van der Waals surface area contributed by atoms with Gasteiger partial charge in [-0.1, -0.05) is 13.0 Å². The fourth-order valence-corrected chi connectivity index (χ4v) is 2.63. The molecule has 0 saturated heterocycles. The van der Waals surface area contributed by atoms with Gasteiger partial charge in [0.2, 0.25) is 0 Å². The second-order valence-electron chi connectivity index (χ2n) is 4.80. The molecule has 0 radical (unpaired) electrons. The normalized spacial score (nSPS) is 10.7. The van der Waals surface area contributed by atoms with Gasteiger partial charge in [0.25, 0.3) is 0 Å². The van der Waals surface area contributed by atoms with Crippen molar-refractivity contribution in [3.63, 3.8) is 0 Å². The number of aromatic nitrogens is 1. The van der Waals surface area contributed by atoms with Crippen LogP contribution in [-0.4, -0.2) is 25.1 Å². The van der Waals surface area contributed by atoms with Crippen LogP contribution in [0.5, 0.6) is 0 Å². The third-order valence-electron chi connectivity index (χ3n) is 3.09. The lowest BCUT2D eigenvalue weighted by atomic mass is 10.3. The van der Waals surface area contributed by atoms with Crippen molar-refractivity contribution in [2.24, 2.45) is 0 Å². The number of nitrogens with one attached hydrogen (secondary N) is 1. The van der Waals surface area contributed by atoms with Gasteiger partial charge < -0.3 is 10.2 Å². The molecule has 2 heterocycles. The van der Waals surface area contributed by atoms with Crippen LogP contribution < -0.4 is 10.2 Å². The zero-order valence-corrected chi connectivity index (χ0v) is 13.0. The zero-order valence-electron chi connectivity index (χ0n) is 12.2. The van der Waals surface area contributed by atoms with Crippen molar-refractivity contribution < 1.29 is 8.78 Å². The molecule has 6 heteroatoms. The van der Waals surface area contributed by atoms with Crippen LogP contribution in [0.25, 0.3) is 0 Å². The molecule has 0 fully saturated rings. The van der Waals surface area contributed by atoms with Gasteiger partial charge in [-0.2, -0.15) is 0 Å². The number of anilines is 2. The maximum atomic E-state index is 13.9. The summed E-state index contributed by atoms with van der Waals surface area (Å²) in [5.41, 5.74) is 0. The molecule has 2 aromatic rings. The Kier molecular flexibility index (Phi) is 5.50. The van der Waals surface area contributed by atoms with Crippen LogP contribution in [0.1, 0.15) is 18.2 Å². The van der Waals surface area contributed by atoms with Crippen LogP contribution >= 0.6 is 11.3 Å². The molecule has 0 aliphatic carbocycles. The van der Waals surface area contributed by atoms with Crippen LogP contribution in [0.15, 0.2) is 23.6 Å². The summed E-state index contributed by atoms with van der Waals surface area (Å²) in [6.07, 6.45) is 1.66. The summed E-state index contributed by atoms with van der Waals surface area (Å²) in [5, 5.41) is 4.89. The van der Waals surface area contributed by atoms with Gasteiger partial charge in [0.1, 0.15) is 0 Å². The van der Waals surface area contributed by atoms with Crippen molar-refractivity contribution in [2.45, 2.75) is 19.8 Å². The number of halogens is 2. The topological polar surface area (TPSA) is 28.2 Å². The van der Waals surface area contributed by atoms with Gasteiger partial charge in [-0.25, -0.2) is 13.8 Å². The predicted octanol–water partition coefficient (Wildman–Crippen LogP) is 3.92. The molecule has 0 atom stereocenters. The van der Waals surface area contributed by atoms with Gasteiger partial charge in [-0.05, 0) is 24.3 Å². The maximum absolute atomic E-state index is 13.9. The van der Waals surface area contributed by atoms with Crippen molar-refractivity contribution in [3.8, 4) is 0 Å². The number of hydrogen-bond acceptors (Lipinski definition) is 4. The lowest BCUT2D eigenvalue weighted by Gasteiger charge is -2.19. The monoisotopic (exact) mass is 311 g/mol. The van der Waals surface area contributed by atoms with E-state index in [-0.39, 0.29) is 11.6 Å². The van der Waals surface area contributed by atoms with E-state index in [0.29, 0.717) is 13.1 Å². The van der Waals surface area contributed by atoms with E-state index in [4.69, 9.17) is 0 Å². The van der Waals surface area contributed by atoms with Gasteiger partial charge in [0.15, 0.2) is 23.3 Å². The molecule has 2 aromatic heterocycles. The van der Waals surface area contributed by atoms with Gasteiger partial charge in [-0.15, -0.1) is 11.3 Å². The number of pyridine rings is 1. The van der Waals surface area contributed by atoms with E-state index in [9.17, 15) is 8.78 Å². The molecular weight excluding hydrogens is 292 g/mol. The number of nitrogens with zero attached hydrogens (tertiary/aromatic N) is 2. The van der Waals surface area contributed by atoms with E-state index in [1.54, 1.807) is 23.3 Å². The van der Waals surface area contributed by atoms with Crippen molar-refractivity contribution in [1.82, 2.24) is 4.98 Å². The zero-order chi connectivity index (χ0) is 15.2. The van der Waals surface area contributed by atoms with E-state index in [1.165, 1.54) is 4.88 Å². The van der Waals surface area contributed by atoms with Gasteiger partial charge in [-0.3, -0.25) is 0 Å². The first-order valence-electron chi connectivity index (χ1n) is 6.95. The van der Waals surface area contributed by atoms with Crippen molar-refractivity contribution in [3.05, 3.63) is 40.1 Å². The van der Waals surface area contributed by atoms with Crippen LogP contribution in [0.4, 0.5) is 20.4 Å². The Hall–Kier alpha value is -1.69. The Bertz CT molecular complexity index is 573. The fourth-order valence-electron chi connectivity index (χ4n) is 1.93. The SMILES string of the molecule is CCCNc1nc(N(C)CCc2cccs2)c(F)cc1F. The molecule has 0 aliphatic heterocycles. The minimum Gasteiger partial charge on any atom is -0.368 e. The second-order valence-corrected chi connectivity index (χ2v) is 5.83.